The maximum atomic E-state index is 14.1. The largest absolute Gasteiger partial charge is 0.333 e. The van der Waals surface area contributed by atoms with Gasteiger partial charge in [0, 0.05) is 18.8 Å². The van der Waals surface area contributed by atoms with Crippen molar-refractivity contribution in [3.8, 4) is 0 Å². The molecule has 0 spiro atoms. The van der Waals surface area contributed by atoms with Gasteiger partial charge in [-0.05, 0) is 52.8 Å². The van der Waals surface area contributed by atoms with E-state index < -0.39 is 16.2 Å². The van der Waals surface area contributed by atoms with Crippen molar-refractivity contribution in [2.24, 2.45) is 17.8 Å². The van der Waals surface area contributed by atoms with Crippen LogP contribution >= 0.6 is 0 Å². The van der Waals surface area contributed by atoms with Crippen LogP contribution in [0, 0.1) is 23.6 Å². The van der Waals surface area contributed by atoms with Crippen molar-refractivity contribution >= 4 is 21.9 Å². The summed E-state index contributed by atoms with van der Waals surface area (Å²) in [5.41, 5.74) is 1.74. The third-order valence-electron chi connectivity index (χ3n) is 5.99. The number of benzene rings is 1. The molecule has 0 aliphatic carbocycles. The number of nitrogens with zero attached hydrogens (tertiary/aromatic N) is 1. The lowest BCUT2D eigenvalue weighted by Crippen LogP contribution is -2.52. The number of rotatable bonds is 5. The summed E-state index contributed by atoms with van der Waals surface area (Å²) in [6, 6.07) is 1.94. The van der Waals surface area contributed by atoms with E-state index in [1.54, 1.807) is 0 Å². The van der Waals surface area contributed by atoms with E-state index in [1.807, 2.05) is 41.5 Å². The van der Waals surface area contributed by atoms with Gasteiger partial charge < -0.3 is 5.32 Å². The minimum absolute atomic E-state index is 0.0413. The first-order valence-electron chi connectivity index (χ1n) is 10.3. The summed E-state index contributed by atoms with van der Waals surface area (Å²) in [5.74, 6) is 0.366. The van der Waals surface area contributed by atoms with E-state index in [0.29, 0.717) is 35.8 Å². The highest BCUT2D eigenvalue weighted by Crippen LogP contribution is 2.34. The molecular formula is C21H34FN3O3S. The highest BCUT2D eigenvalue weighted by atomic mass is 32.2. The number of hydrogen-bond acceptors (Lipinski definition) is 3. The number of carbonyl (C=O) groups is 1. The average molecular weight is 428 g/mol. The molecule has 1 aromatic carbocycles. The van der Waals surface area contributed by atoms with Crippen LogP contribution in [-0.2, 0) is 10.2 Å². The molecule has 2 atom stereocenters. The van der Waals surface area contributed by atoms with Crippen molar-refractivity contribution in [2.45, 2.75) is 60.3 Å². The average Bonchev–Trinajstić information content (AvgIpc) is 2.59. The van der Waals surface area contributed by atoms with E-state index in [0.717, 1.165) is 0 Å². The Balaban J connectivity index is 2.25. The van der Waals surface area contributed by atoms with Crippen molar-refractivity contribution in [1.82, 2.24) is 9.03 Å². The number of halogens is 1. The lowest BCUT2D eigenvalue weighted by atomic mass is 9.82. The molecule has 2 N–H and O–H groups in total. The van der Waals surface area contributed by atoms with Gasteiger partial charge in [-0.1, -0.05) is 48.5 Å². The lowest BCUT2D eigenvalue weighted by molar-refractivity contribution is 0.147. The van der Waals surface area contributed by atoms with Crippen molar-refractivity contribution < 1.29 is 17.6 Å². The zero-order valence-electron chi connectivity index (χ0n) is 18.4. The maximum Gasteiger partial charge on any atom is 0.333 e. The molecule has 0 aromatic heterocycles. The number of amides is 2. The fourth-order valence-electron chi connectivity index (χ4n) is 3.83. The molecule has 0 radical (unpaired) electrons. The molecule has 1 fully saturated rings. The lowest BCUT2D eigenvalue weighted by Gasteiger charge is -2.38. The molecule has 2 unspecified atom stereocenters. The molecule has 29 heavy (non-hydrogen) atoms. The van der Waals surface area contributed by atoms with E-state index >= 15 is 0 Å². The van der Waals surface area contributed by atoms with Crippen LogP contribution in [0.25, 0.3) is 0 Å². The molecule has 0 saturated carbocycles. The molecule has 0 bridgehead atoms. The van der Waals surface area contributed by atoms with Gasteiger partial charge in [-0.15, -0.1) is 0 Å². The van der Waals surface area contributed by atoms with Gasteiger partial charge in [0.15, 0.2) is 0 Å². The highest BCUT2D eigenvalue weighted by Gasteiger charge is 2.35. The van der Waals surface area contributed by atoms with Gasteiger partial charge in [-0.25, -0.2) is 13.9 Å². The predicted molar refractivity (Wildman–Crippen MR) is 115 cm³/mol. The number of hydrogen-bond donors (Lipinski definition) is 2. The third kappa shape index (κ3) is 5.48. The molecule has 8 heteroatoms. The Bertz CT molecular complexity index is 814. The summed E-state index contributed by atoms with van der Waals surface area (Å²) in [7, 11) is -3.97. The Morgan fingerprint density at radius 2 is 1.48 bits per heavy atom. The van der Waals surface area contributed by atoms with Gasteiger partial charge in [0.05, 0.1) is 0 Å². The molecule has 164 valence electrons. The van der Waals surface area contributed by atoms with E-state index in [9.17, 15) is 17.6 Å². The fraction of sp³-hybridized carbons (Fsp3) is 0.667. The van der Waals surface area contributed by atoms with Gasteiger partial charge in [0.25, 0.3) is 0 Å². The van der Waals surface area contributed by atoms with Gasteiger partial charge >= 0.3 is 16.2 Å². The smallest absolute Gasteiger partial charge is 0.307 e. The van der Waals surface area contributed by atoms with Gasteiger partial charge in [-0.3, -0.25) is 0 Å². The first kappa shape index (κ1) is 23.6. The summed E-state index contributed by atoms with van der Waals surface area (Å²) in [6.45, 7) is 14.5. The summed E-state index contributed by atoms with van der Waals surface area (Å²) in [6.07, 6.45) is 0. The summed E-state index contributed by atoms with van der Waals surface area (Å²) in [5, 5.41) is 2.67. The summed E-state index contributed by atoms with van der Waals surface area (Å²) >= 11 is 0. The van der Waals surface area contributed by atoms with Gasteiger partial charge in [0.2, 0.25) is 0 Å². The summed E-state index contributed by atoms with van der Waals surface area (Å²) in [4.78, 5) is 12.6. The van der Waals surface area contributed by atoms with E-state index in [2.05, 4.69) is 17.0 Å². The van der Waals surface area contributed by atoms with Crippen LogP contribution in [0.3, 0.4) is 0 Å². The fourth-order valence-corrected chi connectivity index (χ4v) is 5.11. The normalized spacial score (nSPS) is 23.4. The SMILES string of the molecule is CC(C)c1cc(F)cc(C(C)C)c1NC(=O)NS(=O)(=O)N1CC(C)C(C)C(C)C1. The van der Waals surface area contributed by atoms with Crippen LogP contribution < -0.4 is 10.0 Å². The second kappa shape index (κ2) is 9.00. The van der Waals surface area contributed by atoms with E-state index in [-0.39, 0.29) is 29.5 Å². The zero-order valence-corrected chi connectivity index (χ0v) is 19.2. The Labute approximate surface area is 174 Å². The molecular weight excluding hydrogens is 393 g/mol. The number of carbonyl (C=O) groups excluding carboxylic acids is 1. The Hall–Kier alpha value is -1.67. The van der Waals surface area contributed by atoms with Crippen LogP contribution in [0.4, 0.5) is 14.9 Å². The van der Waals surface area contributed by atoms with Crippen LogP contribution in [0.1, 0.15) is 71.4 Å². The minimum atomic E-state index is -3.97. The molecule has 2 rings (SSSR count). The minimum Gasteiger partial charge on any atom is -0.307 e. The van der Waals surface area contributed by atoms with Crippen molar-refractivity contribution in [3.63, 3.8) is 0 Å². The first-order chi connectivity index (χ1) is 13.3. The topological polar surface area (TPSA) is 78.5 Å². The van der Waals surface area contributed by atoms with E-state index in [4.69, 9.17) is 0 Å². The molecule has 6 nitrogen and oxygen atoms in total. The quantitative estimate of drug-likeness (QED) is 0.717. The molecule has 1 aliphatic rings. The van der Waals surface area contributed by atoms with Crippen molar-refractivity contribution in [1.29, 1.82) is 0 Å². The predicted octanol–water partition coefficient (Wildman–Crippen LogP) is 4.66. The van der Waals surface area contributed by atoms with Gasteiger partial charge in [0.1, 0.15) is 5.82 Å². The maximum absolute atomic E-state index is 14.1. The molecule has 1 heterocycles. The monoisotopic (exact) mass is 427 g/mol. The Morgan fingerprint density at radius 1 is 1.03 bits per heavy atom. The number of piperidine rings is 1. The van der Waals surface area contributed by atoms with E-state index in [1.165, 1.54) is 16.4 Å². The molecule has 1 aromatic rings. The van der Waals surface area contributed by atoms with Gasteiger partial charge in [-0.2, -0.15) is 12.7 Å². The number of nitrogens with one attached hydrogen (secondary N) is 2. The highest BCUT2D eigenvalue weighted by molar-refractivity contribution is 7.87. The number of anilines is 1. The number of urea groups is 1. The first-order valence-corrected chi connectivity index (χ1v) is 11.7. The molecule has 1 saturated heterocycles. The summed E-state index contributed by atoms with van der Waals surface area (Å²) < 4.78 is 43.1. The van der Waals surface area contributed by atoms with Crippen LogP contribution in [0.2, 0.25) is 0 Å². The van der Waals surface area contributed by atoms with Crippen LogP contribution in [-0.4, -0.2) is 31.8 Å². The van der Waals surface area contributed by atoms with Crippen molar-refractivity contribution in [2.75, 3.05) is 18.4 Å². The standard InChI is InChI=1S/C21H34FN3O3S/c1-12(2)18-8-17(22)9-19(13(3)4)20(18)23-21(26)24-29(27,28)25-10-14(5)16(7)15(6)11-25/h8-9,12-16H,10-11H2,1-7H3,(H2,23,24,26). The second-order valence-electron chi connectivity index (χ2n) is 8.96. The van der Waals surface area contributed by atoms with Crippen molar-refractivity contribution in [3.05, 3.63) is 29.1 Å². The second-order valence-corrected chi connectivity index (χ2v) is 10.6. The van der Waals surface area contributed by atoms with Crippen LogP contribution in [0.5, 0.6) is 0 Å². The third-order valence-corrected chi connectivity index (χ3v) is 7.41. The Kier molecular flexibility index (Phi) is 7.32. The Morgan fingerprint density at radius 3 is 1.90 bits per heavy atom. The zero-order chi connectivity index (χ0) is 22.1. The molecule has 1 aliphatic heterocycles. The van der Waals surface area contributed by atoms with Crippen LogP contribution in [0.15, 0.2) is 12.1 Å². The molecule has 2 amide bonds.